The molecule has 2 N–H and O–H groups in total. The molecule has 2 unspecified atom stereocenters. The van der Waals surface area contributed by atoms with Crippen molar-refractivity contribution in [1.29, 1.82) is 0 Å². The van der Waals surface area contributed by atoms with Crippen molar-refractivity contribution in [1.82, 2.24) is 0 Å². The first-order valence-corrected chi connectivity index (χ1v) is 6.62. The van der Waals surface area contributed by atoms with E-state index in [-0.39, 0.29) is 11.3 Å². The van der Waals surface area contributed by atoms with Crippen molar-refractivity contribution in [3.05, 3.63) is 29.3 Å². The molecule has 0 saturated carbocycles. The molecule has 0 aromatic heterocycles. The minimum atomic E-state index is -1.68. The van der Waals surface area contributed by atoms with Gasteiger partial charge in [0.15, 0.2) is 6.10 Å². The van der Waals surface area contributed by atoms with Crippen LogP contribution in [0.2, 0.25) is 0 Å². The van der Waals surface area contributed by atoms with Gasteiger partial charge in [-0.2, -0.15) is 0 Å². The number of carbonyl (C=O) groups is 2. The Morgan fingerprint density at radius 3 is 2.47 bits per heavy atom. The summed E-state index contributed by atoms with van der Waals surface area (Å²) in [7, 11) is 0. The largest absolute Gasteiger partial charge is 0.494 e. The summed E-state index contributed by atoms with van der Waals surface area (Å²) in [5.41, 5.74) is 0.571. The average molecular weight is 331 g/mol. The van der Waals surface area contributed by atoms with Gasteiger partial charge in [-0.15, -0.1) is 0 Å². The van der Waals surface area contributed by atoms with Crippen molar-refractivity contribution >= 4 is 27.7 Å². The molecule has 0 radical (unpaired) electrons. The van der Waals surface area contributed by atoms with Crippen molar-refractivity contribution in [2.24, 2.45) is 0 Å². The van der Waals surface area contributed by atoms with Gasteiger partial charge in [-0.1, -0.05) is 22.0 Å². The fraction of sp³-hybridized carbons (Fsp3) is 0.385. The van der Waals surface area contributed by atoms with Crippen molar-refractivity contribution in [2.45, 2.75) is 24.8 Å². The van der Waals surface area contributed by atoms with Gasteiger partial charge in [-0.05, 0) is 37.1 Å². The summed E-state index contributed by atoms with van der Waals surface area (Å²) < 4.78 is 5.31. The first-order chi connectivity index (χ1) is 8.88. The second kappa shape index (κ2) is 6.68. The second-order valence-electron chi connectivity index (χ2n) is 3.94. The maximum atomic E-state index is 11.4. The van der Waals surface area contributed by atoms with Gasteiger partial charge in [0, 0.05) is 0 Å². The summed E-state index contributed by atoms with van der Waals surface area (Å²) in [6.07, 6.45) is -1.68. The molecule has 0 amide bonds. The number of ketones is 1. The summed E-state index contributed by atoms with van der Waals surface area (Å²) in [6.45, 7) is 3.65. The smallest absolute Gasteiger partial charge is 0.337 e. The van der Waals surface area contributed by atoms with Crippen LogP contribution in [0.5, 0.6) is 5.75 Å². The van der Waals surface area contributed by atoms with Crippen LogP contribution in [0.25, 0.3) is 0 Å². The number of aliphatic hydroxyl groups excluding tert-OH is 1. The zero-order valence-electron chi connectivity index (χ0n) is 10.6. The number of carbonyl (C=O) groups excluding carboxylic acids is 1. The molecule has 1 aromatic rings. The predicted octanol–water partition coefficient (Wildman–Crippen LogP) is 2.23. The molecule has 0 saturated heterocycles. The number of alkyl halides is 1. The van der Waals surface area contributed by atoms with Crippen LogP contribution in [-0.2, 0) is 9.59 Å². The SMILES string of the molecule is CCOc1ccc(C(O)C(=O)O)c(C(Br)C(C)=O)c1. The van der Waals surface area contributed by atoms with E-state index >= 15 is 0 Å². The first-order valence-electron chi connectivity index (χ1n) is 5.70. The second-order valence-corrected chi connectivity index (χ2v) is 4.85. The molecule has 0 spiro atoms. The highest BCUT2D eigenvalue weighted by atomic mass is 79.9. The Bertz CT molecular complexity index is 486. The summed E-state index contributed by atoms with van der Waals surface area (Å²) >= 11 is 3.19. The summed E-state index contributed by atoms with van der Waals surface area (Å²) in [6, 6.07) is 4.58. The van der Waals surface area contributed by atoms with E-state index in [1.165, 1.54) is 13.0 Å². The molecule has 1 aromatic carbocycles. The molecular weight excluding hydrogens is 316 g/mol. The maximum absolute atomic E-state index is 11.4. The Hall–Kier alpha value is -1.40. The van der Waals surface area contributed by atoms with Gasteiger partial charge >= 0.3 is 5.97 Å². The third-order valence-corrected chi connectivity index (χ3v) is 3.67. The number of Topliss-reactive ketones (excluding diaryl/α,β-unsaturated/α-hetero) is 1. The van der Waals surface area contributed by atoms with E-state index < -0.39 is 16.9 Å². The third kappa shape index (κ3) is 3.78. The number of carboxylic acid groups (broad SMARTS) is 1. The van der Waals surface area contributed by atoms with Crippen molar-refractivity contribution in [3.63, 3.8) is 0 Å². The Morgan fingerprint density at radius 1 is 1.37 bits per heavy atom. The Labute approximate surface area is 119 Å². The Balaban J connectivity index is 3.29. The van der Waals surface area contributed by atoms with Crippen LogP contribution in [0.4, 0.5) is 0 Å². The molecule has 1 rings (SSSR count). The molecular formula is C13H15BrO5. The number of aliphatic hydroxyl groups is 1. The fourth-order valence-electron chi connectivity index (χ4n) is 1.63. The molecule has 19 heavy (non-hydrogen) atoms. The summed E-state index contributed by atoms with van der Waals surface area (Å²) in [4.78, 5) is 21.6. The van der Waals surface area contributed by atoms with Crippen LogP contribution in [-0.4, -0.2) is 28.6 Å². The lowest BCUT2D eigenvalue weighted by Crippen LogP contribution is -2.15. The number of halogens is 1. The minimum absolute atomic E-state index is 0.174. The van der Waals surface area contributed by atoms with Crippen molar-refractivity contribution in [3.8, 4) is 5.75 Å². The normalized spacial score (nSPS) is 13.7. The number of hydrogen-bond donors (Lipinski definition) is 2. The molecule has 104 valence electrons. The van der Waals surface area contributed by atoms with Crippen molar-refractivity contribution in [2.75, 3.05) is 6.61 Å². The molecule has 0 aliphatic carbocycles. The van der Waals surface area contributed by atoms with E-state index in [9.17, 15) is 14.7 Å². The predicted molar refractivity (Wildman–Crippen MR) is 72.6 cm³/mol. The first kappa shape index (κ1) is 15.7. The minimum Gasteiger partial charge on any atom is -0.494 e. The zero-order chi connectivity index (χ0) is 14.6. The van der Waals surface area contributed by atoms with E-state index in [4.69, 9.17) is 9.84 Å². The van der Waals surface area contributed by atoms with Gasteiger partial charge in [0.25, 0.3) is 0 Å². The van der Waals surface area contributed by atoms with Crippen LogP contribution >= 0.6 is 15.9 Å². The molecule has 6 heteroatoms. The molecule has 2 atom stereocenters. The average Bonchev–Trinajstić information content (AvgIpc) is 2.37. The van der Waals surface area contributed by atoms with E-state index in [2.05, 4.69) is 15.9 Å². The topological polar surface area (TPSA) is 83.8 Å². The number of rotatable bonds is 6. The van der Waals surface area contributed by atoms with Crippen LogP contribution in [0.1, 0.15) is 35.9 Å². The van der Waals surface area contributed by atoms with E-state index in [0.717, 1.165) is 0 Å². The number of aliphatic carboxylic acids is 1. The number of hydrogen-bond acceptors (Lipinski definition) is 4. The number of benzene rings is 1. The van der Waals surface area contributed by atoms with E-state index in [1.807, 2.05) is 6.92 Å². The number of carboxylic acids is 1. The maximum Gasteiger partial charge on any atom is 0.337 e. The van der Waals surface area contributed by atoms with Crippen molar-refractivity contribution < 1.29 is 24.5 Å². The summed E-state index contributed by atoms with van der Waals surface area (Å²) in [5, 5.41) is 18.5. The molecule has 0 heterocycles. The fourth-order valence-corrected chi connectivity index (χ4v) is 2.03. The zero-order valence-corrected chi connectivity index (χ0v) is 12.2. The van der Waals surface area contributed by atoms with Gasteiger partial charge in [0.2, 0.25) is 0 Å². The van der Waals surface area contributed by atoms with Gasteiger partial charge in [0.1, 0.15) is 11.5 Å². The lowest BCUT2D eigenvalue weighted by atomic mass is 9.98. The molecule has 0 fully saturated rings. The molecule has 0 aliphatic rings. The van der Waals surface area contributed by atoms with E-state index in [1.54, 1.807) is 12.1 Å². The lowest BCUT2D eigenvalue weighted by molar-refractivity contribution is -0.147. The van der Waals surface area contributed by atoms with Gasteiger partial charge < -0.3 is 14.9 Å². The van der Waals surface area contributed by atoms with Gasteiger partial charge in [-0.25, -0.2) is 4.79 Å². The monoisotopic (exact) mass is 330 g/mol. The van der Waals surface area contributed by atoms with Crippen LogP contribution in [0.15, 0.2) is 18.2 Å². The van der Waals surface area contributed by atoms with Gasteiger partial charge in [0.05, 0.1) is 11.4 Å². The highest BCUT2D eigenvalue weighted by Crippen LogP contribution is 2.33. The molecule has 0 bridgehead atoms. The Kier molecular flexibility index (Phi) is 5.50. The third-order valence-electron chi connectivity index (χ3n) is 2.53. The summed E-state index contributed by atoms with van der Waals surface area (Å²) in [5.74, 6) is -1.04. The van der Waals surface area contributed by atoms with E-state index in [0.29, 0.717) is 17.9 Å². The highest BCUT2D eigenvalue weighted by Gasteiger charge is 2.25. The van der Waals surface area contributed by atoms with Gasteiger partial charge in [-0.3, -0.25) is 4.79 Å². The Morgan fingerprint density at radius 2 is 2.00 bits per heavy atom. The molecule has 5 nitrogen and oxygen atoms in total. The van der Waals surface area contributed by atoms with Crippen LogP contribution in [0.3, 0.4) is 0 Å². The van der Waals surface area contributed by atoms with Crippen LogP contribution in [0, 0.1) is 0 Å². The highest BCUT2D eigenvalue weighted by molar-refractivity contribution is 9.09. The standard InChI is InChI=1S/C13H15BrO5/c1-3-19-8-4-5-9(12(16)13(17)18)10(6-8)11(14)7(2)15/h4-6,11-12,16H,3H2,1-2H3,(H,17,18). The number of ether oxygens (including phenoxy) is 1. The lowest BCUT2D eigenvalue weighted by Gasteiger charge is -2.17. The quantitative estimate of drug-likeness (QED) is 0.781. The van der Waals surface area contributed by atoms with Crippen LogP contribution < -0.4 is 4.74 Å². The molecule has 0 aliphatic heterocycles.